The van der Waals surface area contributed by atoms with Gasteiger partial charge in [0.15, 0.2) is 0 Å². The quantitative estimate of drug-likeness (QED) is 0.896. The van der Waals surface area contributed by atoms with Gasteiger partial charge in [0.1, 0.15) is 17.8 Å². The maximum atomic E-state index is 11.8. The number of rotatable bonds is 5. The molecule has 5 nitrogen and oxygen atoms in total. The first-order valence-electron chi connectivity index (χ1n) is 5.76. The van der Waals surface area contributed by atoms with Crippen molar-refractivity contribution in [1.82, 2.24) is 5.32 Å². The second-order valence-electron chi connectivity index (χ2n) is 3.87. The van der Waals surface area contributed by atoms with E-state index >= 15 is 0 Å². The SMILES string of the molecule is COc1ccc(CNC(=O)c2ccoc2)c(OC)c1. The molecule has 0 aliphatic rings. The maximum absolute atomic E-state index is 11.8. The number of carbonyl (C=O) groups excluding carboxylic acids is 1. The molecule has 1 amide bonds. The summed E-state index contributed by atoms with van der Waals surface area (Å²) in [6, 6.07) is 7.06. The molecule has 2 rings (SSSR count). The van der Waals surface area contributed by atoms with Crippen LogP contribution in [0.2, 0.25) is 0 Å². The number of furan rings is 1. The fraction of sp³-hybridized carbons (Fsp3) is 0.214. The molecule has 0 aliphatic carbocycles. The second-order valence-corrected chi connectivity index (χ2v) is 3.87. The first kappa shape index (κ1) is 13.0. The molecule has 0 fully saturated rings. The highest BCUT2D eigenvalue weighted by atomic mass is 16.5. The summed E-state index contributed by atoms with van der Waals surface area (Å²) in [5, 5.41) is 2.79. The first-order chi connectivity index (χ1) is 9.24. The smallest absolute Gasteiger partial charge is 0.254 e. The van der Waals surface area contributed by atoms with Gasteiger partial charge in [-0.2, -0.15) is 0 Å². The lowest BCUT2D eigenvalue weighted by molar-refractivity contribution is 0.0950. The molecule has 1 N–H and O–H groups in total. The van der Waals surface area contributed by atoms with Crippen LogP contribution >= 0.6 is 0 Å². The summed E-state index contributed by atoms with van der Waals surface area (Å²) in [6.07, 6.45) is 2.86. The highest BCUT2D eigenvalue weighted by molar-refractivity contribution is 5.93. The summed E-state index contributed by atoms with van der Waals surface area (Å²) in [4.78, 5) is 11.8. The summed E-state index contributed by atoms with van der Waals surface area (Å²) < 4.78 is 15.2. The molecule has 5 heteroatoms. The Morgan fingerprint density at radius 2 is 2.11 bits per heavy atom. The van der Waals surface area contributed by atoms with Crippen LogP contribution in [0.1, 0.15) is 15.9 Å². The molecule has 1 aromatic carbocycles. The zero-order chi connectivity index (χ0) is 13.7. The molecule has 100 valence electrons. The first-order valence-corrected chi connectivity index (χ1v) is 5.76. The predicted molar refractivity (Wildman–Crippen MR) is 69.4 cm³/mol. The minimum Gasteiger partial charge on any atom is -0.497 e. The molecule has 0 aliphatic heterocycles. The fourth-order valence-electron chi connectivity index (χ4n) is 1.67. The van der Waals surface area contributed by atoms with E-state index in [-0.39, 0.29) is 5.91 Å². The Labute approximate surface area is 111 Å². The molecule has 2 aromatic rings. The Morgan fingerprint density at radius 1 is 1.26 bits per heavy atom. The van der Waals surface area contributed by atoms with Gasteiger partial charge in [0.05, 0.1) is 26.0 Å². The van der Waals surface area contributed by atoms with E-state index in [0.29, 0.717) is 23.6 Å². The van der Waals surface area contributed by atoms with Crippen LogP contribution in [0, 0.1) is 0 Å². The topological polar surface area (TPSA) is 60.7 Å². The van der Waals surface area contributed by atoms with Gasteiger partial charge in [0.25, 0.3) is 5.91 Å². The van der Waals surface area contributed by atoms with Crippen molar-refractivity contribution in [1.29, 1.82) is 0 Å². The molecule has 0 saturated carbocycles. The van der Waals surface area contributed by atoms with Crippen LogP contribution in [0.4, 0.5) is 0 Å². The van der Waals surface area contributed by atoms with E-state index in [9.17, 15) is 4.79 Å². The van der Waals surface area contributed by atoms with Crippen LogP contribution in [0.25, 0.3) is 0 Å². The monoisotopic (exact) mass is 261 g/mol. The Hall–Kier alpha value is -2.43. The van der Waals surface area contributed by atoms with Gasteiger partial charge in [0, 0.05) is 18.2 Å². The number of hydrogen-bond donors (Lipinski definition) is 1. The molecule has 0 bridgehead atoms. The average Bonchev–Trinajstić information content (AvgIpc) is 2.98. The van der Waals surface area contributed by atoms with Crippen molar-refractivity contribution in [3.8, 4) is 11.5 Å². The molecule has 1 aromatic heterocycles. The largest absolute Gasteiger partial charge is 0.497 e. The van der Waals surface area contributed by atoms with Crippen LogP contribution in [-0.2, 0) is 6.54 Å². The molecule has 1 heterocycles. The van der Waals surface area contributed by atoms with Crippen molar-refractivity contribution in [2.75, 3.05) is 14.2 Å². The van der Waals surface area contributed by atoms with E-state index in [2.05, 4.69) is 5.32 Å². The van der Waals surface area contributed by atoms with Crippen LogP contribution in [0.3, 0.4) is 0 Å². The molecule has 0 radical (unpaired) electrons. The third-order valence-electron chi connectivity index (χ3n) is 2.72. The lowest BCUT2D eigenvalue weighted by Gasteiger charge is -2.10. The van der Waals surface area contributed by atoms with Crippen LogP contribution in [0.15, 0.2) is 41.2 Å². The van der Waals surface area contributed by atoms with Gasteiger partial charge in [-0.3, -0.25) is 4.79 Å². The van der Waals surface area contributed by atoms with Gasteiger partial charge in [-0.1, -0.05) is 0 Å². The van der Waals surface area contributed by atoms with Crippen LogP contribution < -0.4 is 14.8 Å². The van der Waals surface area contributed by atoms with Gasteiger partial charge in [-0.15, -0.1) is 0 Å². The van der Waals surface area contributed by atoms with Gasteiger partial charge in [0.2, 0.25) is 0 Å². The molecule has 19 heavy (non-hydrogen) atoms. The zero-order valence-electron chi connectivity index (χ0n) is 10.8. The van der Waals surface area contributed by atoms with E-state index < -0.39 is 0 Å². The summed E-state index contributed by atoms with van der Waals surface area (Å²) in [5.41, 5.74) is 1.37. The number of amides is 1. The molecular formula is C14H15NO4. The van der Waals surface area contributed by atoms with Gasteiger partial charge < -0.3 is 19.2 Å². The Bertz CT molecular complexity index is 549. The fourth-order valence-corrected chi connectivity index (χ4v) is 1.67. The van der Waals surface area contributed by atoms with Crippen molar-refractivity contribution >= 4 is 5.91 Å². The Morgan fingerprint density at radius 3 is 2.74 bits per heavy atom. The van der Waals surface area contributed by atoms with Gasteiger partial charge >= 0.3 is 0 Å². The minimum absolute atomic E-state index is 0.188. The minimum atomic E-state index is -0.188. The standard InChI is InChI=1S/C14H15NO4/c1-17-12-4-3-10(13(7-12)18-2)8-15-14(16)11-5-6-19-9-11/h3-7,9H,8H2,1-2H3,(H,15,16). The lowest BCUT2D eigenvalue weighted by atomic mass is 10.2. The third-order valence-corrected chi connectivity index (χ3v) is 2.72. The molecule has 0 saturated heterocycles. The maximum Gasteiger partial charge on any atom is 0.254 e. The van der Waals surface area contributed by atoms with Crippen molar-refractivity contribution in [2.45, 2.75) is 6.54 Å². The Kier molecular flexibility index (Phi) is 4.07. The average molecular weight is 261 g/mol. The second kappa shape index (κ2) is 5.95. The molecule has 0 spiro atoms. The number of methoxy groups -OCH3 is 2. The molecule has 0 unspecified atom stereocenters. The van der Waals surface area contributed by atoms with E-state index in [0.717, 1.165) is 5.56 Å². The predicted octanol–water partition coefficient (Wildman–Crippen LogP) is 2.23. The van der Waals surface area contributed by atoms with Gasteiger partial charge in [-0.25, -0.2) is 0 Å². The van der Waals surface area contributed by atoms with Crippen molar-refractivity contribution in [2.24, 2.45) is 0 Å². The van der Waals surface area contributed by atoms with Crippen molar-refractivity contribution in [3.63, 3.8) is 0 Å². The van der Waals surface area contributed by atoms with Crippen molar-refractivity contribution in [3.05, 3.63) is 47.9 Å². The van der Waals surface area contributed by atoms with E-state index in [1.807, 2.05) is 12.1 Å². The molecular weight excluding hydrogens is 246 g/mol. The summed E-state index contributed by atoms with van der Waals surface area (Å²) in [7, 11) is 3.17. The Balaban J connectivity index is 2.05. The van der Waals surface area contributed by atoms with Gasteiger partial charge in [-0.05, 0) is 18.2 Å². The van der Waals surface area contributed by atoms with E-state index in [1.54, 1.807) is 26.4 Å². The molecule has 0 atom stereocenters. The number of ether oxygens (including phenoxy) is 2. The highest BCUT2D eigenvalue weighted by Gasteiger charge is 2.09. The number of benzene rings is 1. The summed E-state index contributed by atoms with van der Waals surface area (Å²) in [5.74, 6) is 1.19. The third kappa shape index (κ3) is 3.07. The summed E-state index contributed by atoms with van der Waals surface area (Å²) in [6.45, 7) is 0.372. The van der Waals surface area contributed by atoms with E-state index in [4.69, 9.17) is 13.9 Å². The van der Waals surface area contributed by atoms with Crippen LogP contribution in [-0.4, -0.2) is 20.1 Å². The lowest BCUT2D eigenvalue weighted by Crippen LogP contribution is -2.22. The van der Waals surface area contributed by atoms with Crippen LogP contribution in [0.5, 0.6) is 11.5 Å². The van der Waals surface area contributed by atoms with Crippen molar-refractivity contribution < 1.29 is 18.7 Å². The highest BCUT2D eigenvalue weighted by Crippen LogP contribution is 2.24. The zero-order valence-corrected chi connectivity index (χ0v) is 10.8. The summed E-state index contributed by atoms with van der Waals surface area (Å²) >= 11 is 0. The number of nitrogens with one attached hydrogen (secondary N) is 1. The number of hydrogen-bond acceptors (Lipinski definition) is 4. The normalized spacial score (nSPS) is 10.0. The van der Waals surface area contributed by atoms with E-state index in [1.165, 1.54) is 12.5 Å². The number of carbonyl (C=O) groups is 1.